The summed E-state index contributed by atoms with van der Waals surface area (Å²) in [5, 5.41) is 16.4. The van der Waals surface area contributed by atoms with Crippen LogP contribution >= 0.6 is 23.8 Å². The Balaban J connectivity index is 1.44. The van der Waals surface area contributed by atoms with Crippen molar-refractivity contribution in [3.05, 3.63) is 93.6 Å². The molecular weight excluding hydrogens is 459 g/mol. The van der Waals surface area contributed by atoms with Crippen LogP contribution in [0, 0.1) is 26.6 Å². The molecule has 170 valence electrons. The van der Waals surface area contributed by atoms with Gasteiger partial charge in [0.25, 0.3) is 0 Å². The van der Waals surface area contributed by atoms with Gasteiger partial charge in [-0.3, -0.25) is 9.36 Å². The van der Waals surface area contributed by atoms with E-state index in [0.29, 0.717) is 29.0 Å². The number of hydrogen-bond donors (Lipinski definition) is 2. The van der Waals surface area contributed by atoms with Crippen molar-refractivity contribution in [3.8, 4) is 0 Å². The number of benzene rings is 2. The predicted octanol–water partition coefficient (Wildman–Crippen LogP) is 5.70. The van der Waals surface area contributed by atoms with Crippen LogP contribution in [0.3, 0.4) is 0 Å². The maximum atomic E-state index is 13.3. The third-order valence-electron chi connectivity index (χ3n) is 5.35. The Hall–Kier alpha value is -3.23. The molecule has 4 rings (SSSR count). The van der Waals surface area contributed by atoms with Gasteiger partial charge in [-0.25, -0.2) is 4.39 Å². The second-order valence-corrected chi connectivity index (χ2v) is 8.65. The van der Waals surface area contributed by atoms with Crippen LogP contribution in [0.4, 0.5) is 15.9 Å². The topological polar surface area (TPSA) is 59.7 Å². The lowest BCUT2D eigenvalue weighted by molar-refractivity contribution is 0.623. The Morgan fingerprint density at radius 1 is 0.970 bits per heavy atom. The van der Waals surface area contributed by atoms with E-state index in [1.165, 1.54) is 17.7 Å². The van der Waals surface area contributed by atoms with Crippen LogP contribution in [0.1, 0.15) is 28.2 Å². The standard InChI is InChI=1S/C24H24ClFN6S/c1-15-11-22(30-31(15)14-19-9-10-20(26)12-21(19)25)27-24(33)28-23-16(2)29-32(17(23)3)13-18-7-5-4-6-8-18/h4-12H,13-14H2,1-3H3,(H2,27,28,30,33). The minimum absolute atomic E-state index is 0.364. The van der Waals surface area contributed by atoms with Crippen molar-refractivity contribution < 1.29 is 4.39 Å². The number of nitrogens with one attached hydrogen (secondary N) is 2. The van der Waals surface area contributed by atoms with Gasteiger partial charge in [0.05, 0.1) is 30.2 Å². The minimum Gasteiger partial charge on any atom is -0.329 e. The van der Waals surface area contributed by atoms with Crippen molar-refractivity contribution >= 4 is 40.4 Å². The molecule has 0 fully saturated rings. The Morgan fingerprint density at radius 2 is 1.73 bits per heavy atom. The van der Waals surface area contributed by atoms with Crippen molar-refractivity contribution in [2.45, 2.75) is 33.9 Å². The SMILES string of the molecule is Cc1nn(Cc2ccccc2)c(C)c1NC(=S)Nc1cc(C)n(Cc2ccc(F)cc2Cl)n1. The molecule has 0 bridgehead atoms. The van der Waals surface area contributed by atoms with Crippen LogP contribution < -0.4 is 10.6 Å². The van der Waals surface area contributed by atoms with Crippen molar-refractivity contribution in [1.82, 2.24) is 19.6 Å². The number of aromatic nitrogens is 4. The molecule has 0 spiro atoms. The number of hydrogen-bond acceptors (Lipinski definition) is 3. The zero-order chi connectivity index (χ0) is 23.5. The van der Waals surface area contributed by atoms with Gasteiger partial charge in [-0.2, -0.15) is 10.2 Å². The normalized spacial score (nSPS) is 10.9. The highest BCUT2D eigenvalue weighted by Gasteiger charge is 2.14. The lowest BCUT2D eigenvalue weighted by Gasteiger charge is -2.10. The van der Waals surface area contributed by atoms with E-state index in [0.717, 1.165) is 28.3 Å². The maximum Gasteiger partial charge on any atom is 0.176 e. The fourth-order valence-corrected chi connectivity index (χ4v) is 4.03. The molecule has 33 heavy (non-hydrogen) atoms. The van der Waals surface area contributed by atoms with Gasteiger partial charge >= 0.3 is 0 Å². The van der Waals surface area contributed by atoms with E-state index in [1.807, 2.05) is 49.7 Å². The monoisotopic (exact) mass is 482 g/mol. The summed E-state index contributed by atoms with van der Waals surface area (Å²) in [6, 6.07) is 16.4. The molecule has 0 aliphatic heterocycles. The first kappa shape index (κ1) is 22.9. The van der Waals surface area contributed by atoms with Crippen LogP contribution in [0.15, 0.2) is 54.6 Å². The summed E-state index contributed by atoms with van der Waals surface area (Å²) in [5.41, 5.74) is 5.61. The van der Waals surface area contributed by atoms with Crippen molar-refractivity contribution in [1.29, 1.82) is 0 Å². The summed E-state index contributed by atoms with van der Waals surface area (Å²) >= 11 is 11.7. The fraction of sp³-hybridized carbons (Fsp3) is 0.208. The summed E-state index contributed by atoms with van der Waals surface area (Å²) in [6.45, 7) is 7.01. The Labute approximate surface area is 202 Å². The number of halogens is 2. The van der Waals surface area contributed by atoms with Crippen LogP contribution in [-0.4, -0.2) is 24.7 Å². The van der Waals surface area contributed by atoms with Crippen molar-refractivity contribution in [3.63, 3.8) is 0 Å². The van der Waals surface area contributed by atoms with E-state index < -0.39 is 0 Å². The van der Waals surface area contributed by atoms with Gasteiger partial charge in [-0.1, -0.05) is 48.0 Å². The van der Waals surface area contributed by atoms with Crippen LogP contribution in [0.2, 0.25) is 5.02 Å². The first-order valence-corrected chi connectivity index (χ1v) is 11.2. The number of thiocarbonyl (C=S) groups is 1. The van der Waals surface area contributed by atoms with Crippen molar-refractivity contribution in [2.24, 2.45) is 0 Å². The number of aryl methyl sites for hydroxylation is 2. The van der Waals surface area contributed by atoms with E-state index >= 15 is 0 Å². The minimum atomic E-state index is -0.364. The van der Waals surface area contributed by atoms with E-state index in [4.69, 9.17) is 23.8 Å². The third kappa shape index (κ3) is 5.40. The molecule has 2 aromatic heterocycles. The highest BCUT2D eigenvalue weighted by Crippen LogP contribution is 2.22. The van der Waals surface area contributed by atoms with E-state index in [-0.39, 0.29) is 5.82 Å². The van der Waals surface area contributed by atoms with E-state index in [9.17, 15) is 4.39 Å². The first-order chi connectivity index (χ1) is 15.8. The molecule has 2 N–H and O–H groups in total. The average molecular weight is 483 g/mol. The van der Waals surface area contributed by atoms with Gasteiger partial charge in [0.15, 0.2) is 10.9 Å². The molecule has 6 nitrogen and oxygen atoms in total. The van der Waals surface area contributed by atoms with Crippen LogP contribution in [0.5, 0.6) is 0 Å². The van der Waals surface area contributed by atoms with Gasteiger partial charge in [-0.05, 0) is 56.2 Å². The van der Waals surface area contributed by atoms with Crippen LogP contribution in [-0.2, 0) is 13.1 Å². The summed E-state index contributed by atoms with van der Waals surface area (Å²) in [7, 11) is 0. The number of nitrogens with zero attached hydrogens (tertiary/aromatic N) is 4. The first-order valence-electron chi connectivity index (χ1n) is 10.4. The highest BCUT2D eigenvalue weighted by atomic mass is 35.5. The molecule has 0 atom stereocenters. The van der Waals surface area contributed by atoms with Gasteiger partial charge in [-0.15, -0.1) is 0 Å². The largest absolute Gasteiger partial charge is 0.329 e. The lowest BCUT2D eigenvalue weighted by Crippen LogP contribution is -2.20. The zero-order valence-corrected chi connectivity index (χ0v) is 20.1. The second kappa shape index (κ2) is 9.72. The molecule has 0 radical (unpaired) electrons. The molecule has 0 amide bonds. The molecular formula is C24H24ClFN6S. The molecule has 0 saturated heterocycles. The molecule has 2 heterocycles. The average Bonchev–Trinajstić information content (AvgIpc) is 3.24. The zero-order valence-electron chi connectivity index (χ0n) is 18.6. The summed E-state index contributed by atoms with van der Waals surface area (Å²) in [4.78, 5) is 0. The smallest absolute Gasteiger partial charge is 0.176 e. The van der Waals surface area contributed by atoms with E-state index in [2.05, 4.69) is 33.0 Å². The third-order valence-corrected chi connectivity index (χ3v) is 5.91. The lowest BCUT2D eigenvalue weighted by atomic mass is 10.2. The molecule has 0 unspecified atom stereocenters. The maximum absolute atomic E-state index is 13.3. The number of rotatable bonds is 6. The summed E-state index contributed by atoms with van der Waals surface area (Å²) in [5.74, 6) is 0.243. The van der Waals surface area contributed by atoms with Gasteiger partial charge in [0.1, 0.15) is 5.82 Å². The Kier molecular flexibility index (Phi) is 6.76. The van der Waals surface area contributed by atoms with Gasteiger partial charge in [0, 0.05) is 16.8 Å². The van der Waals surface area contributed by atoms with Gasteiger partial charge in [0.2, 0.25) is 0 Å². The molecule has 2 aromatic carbocycles. The second-order valence-electron chi connectivity index (χ2n) is 7.83. The molecule has 0 aliphatic carbocycles. The summed E-state index contributed by atoms with van der Waals surface area (Å²) in [6.07, 6.45) is 0. The molecule has 4 aromatic rings. The van der Waals surface area contributed by atoms with Crippen molar-refractivity contribution in [2.75, 3.05) is 10.6 Å². The molecule has 9 heteroatoms. The summed E-state index contributed by atoms with van der Waals surface area (Å²) < 4.78 is 17.1. The Morgan fingerprint density at radius 3 is 2.45 bits per heavy atom. The fourth-order valence-electron chi connectivity index (χ4n) is 3.59. The predicted molar refractivity (Wildman–Crippen MR) is 135 cm³/mol. The highest BCUT2D eigenvalue weighted by molar-refractivity contribution is 7.80. The molecule has 0 aliphatic rings. The van der Waals surface area contributed by atoms with Crippen LogP contribution in [0.25, 0.3) is 0 Å². The Bertz CT molecular complexity index is 1300. The van der Waals surface area contributed by atoms with E-state index in [1.54, 1.807) is 10.7 Å². The number of anilines is 2. The molecule has 0 saturated carbocycles. The van der Waals surface area contributed by atoms with Gasteiger partial charge < -0.3 is 10.6 Å². The quantitative estimate of drug-likeness (QED) is 0.345.